The smallest absolute Gasteiger partial charge is 0.261 e. The number of amides is 2. The Kier molecular flexibility index (Phi) is 5.31. The quantitative estimate of drug-likeness (QED) is 0.491. The third kappa shape index (κ3) is 3.59. The highest BCUT2D eigenvalue weighted by atomic mass is 16.2. The second-order valence-electron chi connectivity index (χ2n) is 6.09. The van der Waals surface area contributed by atoms with Gasteiger partial charge >= 0.3 is 0 Å². The van der Waals surface area contributed by atoms with Crippen LogP contribution in [-0.2, 0) is 6.54 Å². The van der Waals surface area contributed by atoms with Crippen molar-refractivity contribution in [3.8, 4) is 0 Å². The van der Waals surface area contributed by atoms with E-state index in [0.717, 1.165) is 0 Å². The number of carbonyl (C=O) groups excluding carboxylic acids is 2. The summed E-state index contributed by atoms with van der Waals surface area (Å²) in [5.41, 5.74) is 3.34. The topological polar surface area (TPSA) is 73.8 Å². The molecule has 0 aromatic heterocycles. The summed E-state index contributed by atoms with van der Waals surface area (Å²) in [6.07, 6.45) is 0. The Bertz CT molecular complexity index is 825. The van der Waals surface area contributed by atoms with Gasteiger partial charge in [0.15, 0.2) is 5.96 Å². The van der Waals surface area contributed by atoms with Crippen LogP contribution in [0.15, 0.2) is 53.5 Å². The summed E-state index contributed by atoms with van der Waals surface area (Å²) >= 11 is 0. The first-order valence-electron chi connectivity index (χ1n) is 8.56. The minimum Gasteiger partial charge on any atom is -0.355 e. The number of aryl methyl sites for hydroxylation is 1. The molecule has 2 aromatic rings. The standard InChI is InChI=1S/C20H22N4O2/c1-14-7-3-4-8-15(14)13-23-20(21-2)22-11-12-24-18(25)16-9-5-6-10-17(16)19(24)26/h3-10H,11-13H2,1-2H3,(H2,21,22,23). The fraction of sp³-hybridized carbons (Fsp3) is 0.250. The van der Waals surface area contributed by atoms with Crippen molar-refractivity contribution in [3.05, 3.63) is 70.8 Å². The summed E-state index contributed by atoms with van der Waals surface area (Å²) in [6, 6.07) is 15.0. The average molecular weight is 350 g/mol. The molecule has 6 nitrogen and oxygen atoms in total. The van der Waals surface area contributed by atoms with Crippen LogP contribution in [0, 0.1) is 6.92 Å². The number of aliphatic imine (C=N–C) groups is 1. The summed E-state index contributed by atoms with van der Waals surface area (Å²) < 4.78 is 0. The van der Waals surface area contributed by atoms with E-state index in [4.69, 9.17) is 0 Å². The number of benzene rings is 2. The van der Waals surface area contributed by atoms with Gasteiger partial charge in [-0.25, -0.2) is 0 Å². The predicted molar refractivity (Wildman–Crippen MR) is 101 cm³/mol. The van der Waals surface area contributed by atoms with Crippen LogP contribution >= 0.6 is 0 Å². The Morgan fingerprint density at radius 1 is 0.962 bits per heavy atom. The highest BCUT2D eigenvalue weighted by Gasteiger charge is 2.34. The summed E-state index contributed by atoms with van der Waals surface area (Å²) in [5.74, 6) is 0.148. The van der Waals surface area contributed by atoms with Gasteiger partial charge in [0.05, 0.1) is 11.1 Å². The van der Waals surface area contributed by atoms with Crippen LogP contribution in [0.3, 0.4) is 0 Å². The van der Waals surface area contributed by atoms with Gasteiger partial charge in [-0.1, -0.05) is 36.4 Å². The van der Waals surface area contributed by atoms with E-state index in [1.54, 1.807) is 31.3 Å². The van der Waals surface area contributed by atoms with Gasteiger partial charge in [0.2, 0.25) is 0 Å². The number of nitrogens with zero attached hydrogens (tertiary/aromatic N) is 2. The SMILES string of the molecule is CN=C(NCCN1C(=O)c2ccccc2C1=O)NCc1ccccc1C. The van der Waals surface area contributed by atoms with Gasteiger partial charge in [0.1, 0.15) is 0 Å². The molecule has 26 heavy (non-hydrogen) atoms. The first kappa shape index (κ1) is 17.7. The molecular formula is C20H22N4O2. The summed E-state index contributed by atoms with van der Waals surface area (Å²) in [6.45, 7) is 3.44. The van der Waals surface area contributed by atoms with Crippen molar-refractivity contribution in [3.63, 3.8) is 0 Å². The monoisotopic (exact) mass is 350 g/mol. The number of guanidine groups is 1. The van der Waals surface area contributed by atoms with Gasteiger partial charge in [0, 0.05) is 26.7 Å². The summed E-state index contributed by atoms with van der Waals surface area (Å²) in [4.78, 5) is 30.1. The number of nitrogens with one attached hydrogen (secondary N) is 2. The molecule has 0 bridgehead atoms. The van der Waals surface area contributed by atoms with Gasteiger partial charge in [0.25, 0.3) is 11.8 Å². The maximum atomic E-state index is 12.3. The second kappa shape index (κ2) is 7.82. The molecule has 134 valence electrons. The van der Waals surface area contributed by atoms with Crippen molar-refractivity contribution in [2.45, 2.75) is 13.5 Å². The van der Waals surface area contributed by atoms with Crippen LogP contribution in [0.2, 0.25) is 0 Å². The molecule has 0 atom stereocenters. The van der Waals surface area contributed by atoms with E-state index in [1.165, 1.54) is 16.0 Å². The van der Waals surface area contributed by atoms with Crippen molar-refractivity contribution in [2.75, 3.05) is 20.1 Å². The molecule has 0 aliphatic carbocycles. The zero-order chi connectivity index (χ0) is 18.5. The third-order valence-electron chi connectivity index (χ3n) is 4.44. The highest BCUT2D eigenvalue weighted by Crippen LogP contribution is 2.21. The molecule has 2 amide bonds. The lowest BCUT2D eigenvalue weighted by molar-refractivity contribution is 0.0657. The van der Waals surface area contributed by atoms with Crippen LogP contribution < -0.4 is 10.6 Å². The van der Waals surface area contributed by atoms with Gasteiger partial charge < -0.3 is 10.6 Å². The van der Waals surface area contributed by atoms with E-state index < -0.39 is 0 Å². The molecule has 1 aliphatic heterocycles. The Morgan fingerprint density at radius 2 is 1.58 bits per heavy atom. The van der Waals surface area contributed by atoms with Crippen LogP contribution in [0.4, 0.5) is 0 Å². The zero-order valence-corrected chi connectivity index (χ0v) is 15.0. The number of fused-ring (bicyclic) bond motifs is 1. The van der Waals surface area contributed by atoms with Crippen LogP contribution in [0.5, 0.6) is 0 Å². The first-order valence-corrected chi connectivity index (χ1v) is 8.56. The Morgan fingerprint density at radius 3 is 2.19 bits per heavy atom. The van der Waals surface area contributed by atoms with E-state index in [9.17, 15) is 9.59 Å². The number of imide groups is 1. The van der Waals surface area contributed by atoms with Crippen molar-refractivity contribution in [2.24, 2.45) is 4.99 Å². The Labute approximate surface area is 152 Å². The molecular weight excluding hydrogens is 328 g/mol. The lowest BCUT2D eigenvalue weighted by atomic mass is 10.1. The highest BCUT2D eigenvalue weighted by molar-refractivity contribution is 6.21. The Balaban J connectivity index is 1.52. The van der Waals surface area contributed by atoms with Gasteiger partial charge in [-0.15, -0.1) is 0 Å². The second-order valence-corrected chi connectivity index (χ2v) is 6.09. The molecule has 1 aliphatic rings. The molecule has 0 spiro atoms. The lowest BCUT2D eigenvalue weighted by Gasteiger charge is -2.16. The molecule has 0 radical (unpaired) electrons. The minimum absolute atomic E-state index is 0.241. The molecule has 1 heterocycles. The third-order valence-corrected chi connectivity index (χ3v) is 4.44. The largest absolute Gasteiger partial charge is 0.355 e. The molecule has 0 unspecified atom stereocenters. The minimum atomic E-state index is -0.241. The van der Waals surface area contributed by atoms with Crippen LogP contribution in [0.25, 0.3) is 0 Å². The van der Waals surface area contributed by atoms with Gasteiger partial charge in [-0.2, -0.15) is 0 Å². The zero-order valence-electron chi connectivity index (χ0n) is 15.0. The van der Waals surface area contributed by atoms with Crippen molar-refractivity contribution in [1.82, 2.24) is 15.5 Å². The fourth-order valence-electron chi connectivity index (χ4n) is 2.94. The van der Waals surface area contributed by atoms with Crippen molar-refractivity contribution >= 4 is 17.8 Å². The molecule has 0 fully saturated rings. The molecule has 0 saturated heterocycles. The number of hydrogen-bond donors (Lipinski definition) is 2. The normalized spacial score (nSPS) is 13.8. The number of rotatable bonds is 5. The average Bonchev–Trinajstić information content (AvgIpc) is 2.90. The molecule has 6 heteroatoms. The lowest BCUT2D eigenvalue weighted by Crippen LogP contribution is -2.42. The van der Waals surface area contributed by atoms with E-state index in [2.05, 4.69) is 34.7 Å². The van der Waals surface area contributed by atoms with Crippen LogP contribution in [-0.4, -0.2) is 42.8 Å². The van der Waals surface area contributed by atoms with Gasteiger partial charge in [-0.05, 0) is 30.2 Å². The maximum absolute atomic E-state index is 12.3. The van der Waals surface area contributed by atoms with E-state index >= 15 is 0 Å². The van der Waals surface area contributed by atoms with Crippen molar-refractivity contribution < 1.29 is 9.59 Å². The molecule has 3 rings (SSSR count). The molecule has 2 N–H and O–H groups in total. The van der Waals surface area contributed by atoms with Crippen LogP contribution in [0.1, 0.15) is 31.8 Å². The molecule has 2 aromatic carbocycles. The Hall–Kier alpha value is -3.15. The van der Waals surface area contributed by atoms with Crippen molar-refractivity contribution in [1.29, 1.82) is 0 Å². The molecule has 0 saturated carbocycles. The summed E-state index contributed by atoms with van der Waals surface area (Å²) in [5, 5.41) is 6.39. The van der Waals surface area contributed by atoms with E-state index in [0.29, 0.717) is 30.2 Å². The maximum Gasteiger partial charge on any atom is 0.261 e. The predicted octanol–water partition coefficient (Wildman–Crippen LogP) is 1.96. The number of carbonyl (C=O) groups is 2. The first-order chi connectivity index (χ1) is 12.6. The fourth-order valence-corrected chi connectivity index (χ4v) is 2.94. The summed E-state index contributed by atoms with van der Waals surface area (Å²) in [7, 11) is 1.69. The van der Waals surface area contributed by atoms with E-state index in [1.807, 2.05) is 12.1 Å². The van der Waals surface area contributed by atoms with E-state index in [-0.39, 0.29) is 18.4 Å². The van der Waals surface area contributed by atoms with Gasteiger partial charge in [-0.3, -0.25) is 19.5 Å². The number of hydrogen-bond acceptors (Lipinski definition) is 3.